The summed E-state index contributed by atoms with van der Waals surface area (Å²) in [5.41, 5.74) is 8.98. The van der Waals surface area contributed by atoms with E-state index in [1.54, 1.807) is 0 Å². The zero-order valence-electron chi connectivity index (χ0n) is 14.2. The van der Waals surface area contributed by atoms with Crippen molar-refractivity contribution in [2.24, 2.45) is 5.73 Å². The van der Waals surface area contributed by atoms with Gasteiger partial charge >= 0.3 is 0 Å². The maximum atomic E-state index is 10.6. The van der Waals surface area contributed by atoms with Crippen LogP contribution < -0.4 is 5.73 Å². The molecule has 21 heavy (non-hydrogen) atoms. The van der Waals surface area contributed by atoms with E-state index in [1.165, 1.54) is 0 Å². The lowest BCUT2D eigenvalue weighted by Gasteiger charge is -2.29. The lowest BCUT2D eigenvalue weighted by Crippen LogP contribution is -2.20. The number of phenols is 1. The topological polar surface area (TPSA) is 46.2 Å². The van der Waals surface area contributed by atoms with E-state index in [0.29, 0.717) is 5.75 Å². The molecule has 0 spiro atoms. The Kier molecular flexibility index (Phi) is 6.52. The van der Waals surface area contributed by atoms with Gasteiger partial charge in [-0.25, -0.2) is 0 Å². The van der Waals surface area contributed by atoms with Crippen LogP contribution in [0, 0.1) is 0 Å². The molecular formula is C18H30ClNO. The minimum absolute atomic E-state index is 0. The van der Waals surface area contributed by atoms with E-state index in [4.69, 9.17) is 5.73 Å². The summed E-state index contributed by atoms with van der Waals surface area (Å²) in [5, 5.41) is 10.6. The summed E-state index contributed by atoms with van der Waals surface area (Å²) < 4.78 is 0. The summed E-state index contributed by atoms with van der Waals surface area (Å²) in [5.74, 6) is 0.402. The van der Waals surface area contributed by atoms with Crippen LogP contribution in [0.25, 0.3) is 0 Å². The first kappa shape index (κ1) is 20.0. The normalized spacial score (nSPS) is 13.5. The van der Waals surface area contributed by atoms with Gasteiger partial charge in [0.15, 0.2) is 0 Å². The summed E-state index contributed by atoms with van der Waals surface area (Å²) >= 11 is 0. The fourth-order valence-electron chi connectivity index (χ4n) is 2.33. The number of halogens is 1. The average Bonchev–Trinajstić information content (AvgIpc) is 2.26. The first-order chi connectivity index (χ1) is 8.98. The minimum atomic E-state index is -0.117. The maximum Gasteiger partial charge on any atom is 0.123 e. The quantitative estimate of drug-likeness (QED) is 0.773. The lowest BCUT2D eigenvalue weighted by atomic mass is 9.77. The highest BCUT2D eigenvalue weighted by atomic mass is 35.5. The summed E-state index contributed by atoms with van der Waals surface area (Å²) in [6.45, 7) is 16.4. The predicted molar refractivity (Wildman–Crippen MR) is 94.5 cm³/mol. The molecular weight excluding hydrogens is 282 g/mol. The van der Waals surface area contributed by atoms with Gasteiger partial charge in [-0.2, -0.15) is 0 Å². The summed E-state index contributed by atoms with van der Waals surface area (Å²) in [6, 6.07) is 4.01. The minimum Gasteiger partial charge on any atom is -0.507 e. The number of hydrogen-bond donors (Lipinski definition) is 2. The molecule has 0 aliphatic rings. The second-order valence-corrected chi connectivity index (χ2v) is 7.60. The van der Waals surface area contributed by atoms with Crippen molar-refractivity contribution in [1.82, 2.24) is 0 Å². The van der Waals surface area contributed by atoms with Crippen LogP contribution in [0.3, 0.4) is 0 Å². The van der Waals surface area contributed by atoms with Crippen molar-refractivity contribution in [3.63, 3.8) is 0 Å². The van der Waals surface area contributed by atoms with Gasteiger partial charge < -0.3 is 10.8 Å². The number of rotatable bonds is 3. The molecule has 3 heteroatoms. The molecule has 0 saturated heterocycles. The van der Waals surface area contributed by atoms with Crippen molar-refractivity contribution in [2.75, 3.05) is 0 Å². The van der Waals surface area contributed by atoms with E-state index in [9.17, 15) is 5.11 Å². The molecule has 0 unspecified atom stereocenters. The Morgan fingerprint density at radius 1 is 1.10 bits per heavy atom. The molecule has 0 saturated carbocycles. The lowest BCUT2D eigenvalue weighted by molar-refractivity contribution is 0.422. The maximum absolute atomic E-state index is 10.6. The van der Waals surface area contributed by atoms with Crippen LogP contribution in [0.5, 0.6) is 5.75 Å². The third-order valence-corrected chi connectivity index (χ3v) is 3.60. The van der Waals surface area contributed by atoms with Crippen LogP contribution in [0.4, 0.5) is 0 Å². The molecule has 1 aromatic carbocycles. The van der Waals surface area contributed by atoms with Gasteiger partial charge in [-0.3, -0.25) is 0 Å². The van der Waals surface area contributed by atoms with Crippen molar-refractivity contribution in [1.29, 1.82) is 0 Å². The zero-order valence-corrected chi connectivity index (χ0v) is 15.0. The fourth-order valence-corrected chi connectivity index (χ4v) is 2.33. The Hall–Kier alpha value is -0.990. The number of benzene rings is 1. The molecule has 3 N–H and O–H groups in total. The number of aromatic hydroxyl groups is 1. The van der Waals surface area contributed by atoms with Gasteiger partial charge in [0, 0.05) is 6.04 Å². The van der Waals surface area contributed by atoms with Crippen LogP contribution in [-0.4, -0.2) is 5.11 Å². The van der Waals surface area contributed by atoms with E-state index in [0.717, 1.165) is 23.1 Å². The third kappa shape index (κ3) is 4.76. The molecule has 1 atom stereocenters. The third-order valence-electron chi connectivity index (χ3n) is 3.60. The largest absolute Gasteiger partial charge is 0.507 e. The molecule has 0 radical (unpaired) electrons. The molecule has 120 valence electrons. The number of nitrogens with two attached hydrogens (primary N) is 1. The Morgan fingerprint density at radius 2 is 1.48 bits per heavy atom. The van der Waals surface area contributed by atoms with E-state index in [2.05, 4.69) is 48.1 Å². The van der Waals surface area contributed by atoms with E-state index in [-0.39, 0.29) is 29.3 Å². The molecule has 0 amide bonds. The zero-order chi connectivity index (χ0) is 15.7. The van der Waals surface area contributed by atoms with Crippen molar-refractivity contribution < 1.29 is 5.11 Å². The summed E-state index contributed by atoms with van der Waals surface area (Å²) in [6.07, 6.45) is 2.57. The first-order valence-electron chi connectivity index (χ1n) is 7.23. The second-order valence-electron chi connectivity index (χ2n) is 7.60. The first-order valence-corrected chi connectivity index (χ1v) is 7.23. The van der Waals surface area contributed by atoms with Gasteiger partial charge in [-0.05, 0) is 46.1 Å². The SMILES string of the molecule is C=CC[C@@H](N)c1cc(C(C)(C)C)c(O)c(C(C)(C)C)c1.Cl. The van der Waals surface area contributed by atoms with Gasteiger partial charge in [0.05, 0.1) is 0 Å². The highest BCUT2D eigenvalue weighted by Gasteiger charge is 2.27. The predicted octanol–water partition coefficient (Wildman–Crippen LogP) is 4.98. The van der Waals surface area contributed by atoms with E-state index in [1.807, 2.05) is 18.2 Å². The highest BCUT2D eigenvalue weighted by molar-refractivity contribution is 5.85. The molecule has 0 heterocycles. The smallest absolute Gasteiger partial charge is 0.123 e. The van der Waals surface area contributed by atoms with Crippen LogP contribution in [0.2, 0.25) is 0 Å². The van der Waals surface area contributed by atoms with Gasteiger partial charge in [0.25, 0.3) is 0 Å². The Morgan fingerprint density at radius 3 is 1.76 bits per heavy atom. The summed E-state index contributed by atoms with van der Waals surface area (Å²) in [4.78, 5) is 0. The standard InChI is InChI=1S/C18H29NO.ClH/c1-8-9-15(19)12-10-13(17(2,3)4)16(20)14(11-12)18(5,6)7;/h8,10-11,15,20H,1,9,19H2,2-7H3;1H/t15-;/m1./s1. The van der Waals surface area contributed by atoms with Crippen LogP contribution >= 0.6 is 12.4 Å². The van der Waals surface area contributed by atoms with Crippen LogP contribution in [0.1, 0.15) is 70.7 Å². The highest BCUT2D eigenvalue weighted by Crippen LogP contribution is 2.40. The van der Waals surface area contributed by atoms with Crippen molar-refractivity contribution in [3.05, 3.63) is 41.5 Å². The molecule has 2 nitrogen and oxygen atoms in total. The van der Waals surface area contributed by atoms with Gasteiger partial charge in [0.1, 0.15) is 5.75 Å². The monoisotopic (exact) mass is 311 g/mol. The average molecular weight is 312 g/mol. The number of hydrogen-bond acceptors (Lipinski definition) is 2. The van der Waals surface area contributed by atoms with Gasteiger partial charge in [-0.1, -0.05) is 47.6 Å². The molecule has 0 aromatic heterocycles. The Balaban J connectivity index is 0.00000400. The van der Waals surface area contributed by atoms with Crippen molar-refractivity contribution >= 4 is 12.4 Å². The molecule has 0 fully saturated rings. The molecule has 1 rings (SSSR count). The number of phenolic OH excluding ortho intramolecular Hbond substituents is 1. The van der Waals surface area contributed by atoms with Gasteiger partial charge in [0.2, 0.25) is 0 Å². The Labute approximate surface area is 135 Å². The molecule has 0 aliphatic carbocycles. The fraction of sp³-hybridized carbons (Fsp3) is 0.556. The molecule has 1 aromatic rings. The van der Waals surface area contributed by atoms with Crippen LogP contribution in [0.15, 0.2) is 24.8 Å². The van der Waals surface area contributed by atoms with Gasteiger partial charge in [-0.15, -0.1) is 19.0 Å². The van der Waals surface area contributed by atoms with Crippen LogP contribution in [-0.2, 0) is 10.8 Å². The van der Waals surface area contributed by atoms with E-state index >= 15 is 0 Å². The molecule has 0 aliphatic heterocycles. The Bertz CT molecular complexity index is 460. The second kappa shape index (κ2) is 6.85. The summed E-state index contributed by atoms with van der Waals surface area (Å²) in [7, 11) is 0. The van der Waals surface area contributed by atoms with Crippen molar-refractivity contribution in [2.45, 2.75) is 64.8 Å². The molecule has 0 bridgehead atoms. The van der Waals surface area contributed by atoms with E-state index < -0.39 is 0 Å². The van der Waals surface area contributed by atoms with Crippen molar-refractivity contribution in [3.8, 4) is 5.75 Å².